The van der Waals surface area contributed by atoms with Gasteiger partial charge in [-0.3, -0.25) is 9.97 Å². The predicted octanol–water partition coefficient (Wildman–Crippen LogP) is 11.8. The molecule has 290 valence electrons. The molecule has 0 saturated carbocycles. The molecule has 0 spiro atoms. The molecule has 1 aliphatic rings. The van der Waals surface area contributed by atoms with Crippen molar-refractivity contribution in [3.63, 3.8) is 0 Å². The zero-order valence-electron chi connectivity index (χ0n) is 30.9. The first kappa shape index (κ1) is 38.9. The van der Waals surface area contributed by atoms with Gasteiger partial charge in [0.25, 0.3) is 5.69 Å². The van der Waals surface area contributed by atoms with Gasteiger partial charge >= 0.3 is 0 Å². The Bertz CT molecular complexity index is 2830. The molecule has 0 unspecified atom stereocenters. The van der Waals surface area contributed by atoms with E-state index in [-0.39, 0.29) is 11.5 Å². The lowest BCUT2D eigenvalue weighted by atomic mass is 9.90. The largest absolute Gasteiger partial charge is 0.618 e. The molecule has 4 aromatic heterocycles. The highest BCUT2D eigenvalue weighted by molar-refractivity contribution is 6.39. The molecule has 1 N–H and O–H groups in total. The van der Waals surface area contributed by atoms with E-state index in [1.165, 1.54) is 36.7 Å². The highest BCUT2D eigenvalue weighted by Crippen LogP contribution is 2.41. The number of hydrogen-bond acceptors (Lipinski definition) is 5. The topological polar surface area (TPSA) is 77.6 Å². The number of pyridine rings is 4. The summed E-state index contributed by atoms with van der Waals surface area (Å²) in [6.45, 7) is 3.69. The molecule has 0 radical (unpaired) electrons. The molecular weight excluding hydrogens is 785 g/mol. The summed E-state index contributed by atoms with van der Waals surface area (Å²) >= 11 is 13.0. The molecule has 8 aromatic rings. The molecule has 1 saturated heterocycles. The van der Waals surface area contributed by atoms with Crippen molar-refractivity contribution in [1.82, 2.24) is 20.3 Å². The quantitative estimate of drug-likeness (QED) is 0.106. The molecule has 58 heavy (non-hydrogen) atoms. The van der Waals surface area contributed by atoms with Crippen LogP contribution in [0.2, 0.25) is 10.0 Å². The molecule has 0 atom stereocenters. The maximum atomic E-state index is 14.9. The number of nitrogens with one attached hydrogen (secondary N) is 1. The Labute approximate surface area is 341 Å². The van der Waals surface area contributed by atoms with Crippen molar-refractivity contribution in [3.05, 3.63) is 171 Å². The zero-order chi connectivity index (χ0) is 40.5. The summed E-state index contributed by atoms with van der Waals surface area (Å²) in [6.07, 6.45) is 6.39. The van der Waals surface area contributed by atoms with E-state index >= 15 is 0 Å². The summed E-state index contributed by atoms with van der Waals surface area (Å²) < 4.78 is 56.8. The number of benzene rings is 4. The van der Waals surface area contributed by atoms with E-state index in [0.29, 0.717) is 65.5 Å². The van der Waals surface area contributed by atoms with Crippen molar-refractivity contribution >= 4 is 45.0 Å². The number of aryl methyl sites for hydroxylation is 1. The number of halogens is 6. The van der Waals surface area contributed by atoms with Gasteiger partial charge in [0.05, 0.1) is 26.8 Å². The van der Waals surface area contributed by atoms with Crippen LogP contribution in [0.1, 0.15) is 30.0 Å². The SMILES string of the molecule is Cc1ccccc1-c1c2nccc(-c3ccc(F)cc3F)c2cc[n+]1[O-].Fc1ccc(-c2cc(C3CCNCC3)nc3c(-c4c(Cl)cccc4Cl)nccc23)c(F)c1. The lowest BCUT2D eigenvalue weighted by Crippen LogP contribution is -2.29. The lowest BCUT2D eigenvalue weighted by molar-refractivity contribution is -0.592. The van der Waals surface area contributed by atoms with Crippen LogP contribution in [0.4, 0.5) is 17.6 Å². The van der Waals surface area contributed by atoms with Gasteiger partial charge in [0.15, 0.2) is 6.20 Å². The van der Waals surface area contributed by atoms with Gasteiger partial charge in [-0.25, -0.2) is 22.5 Å². The Hall–Kier alpha value is -5.94. The third-order valence-corrected chi connectivity index (χ3v) is 11.0. The molecule has 6 nitrogen and oxygen atoms in total. The average molecular weight is 819 g/mol. The Morgan fingerprint density at radius 1 is 0.655 bits per heavy atom. The van der Waals surface area contributed by atoms with Gasteiger partial charge in [0.2, 0.25) is 0 Å². The molecule has 12 heteroatoms. The average Bonchev–Trinajstić information content (AvgIpc) is 3.21. The Morgan fingerprint density at radius 2 is 1.29 bits per heavy atom. The molecule has 4 aromatic carbocycles. The summed E-state index contributed by atoms with van der Waals surface area (Å²) in [6, 6.07) is 26.9. The molecule has 0 amide bonds. The van der Waals surface area contributed by atoms with Crippen molar-refractivity contribution in [2.75, 3.05) is 13.1 Å². The Kier molecular flexibility index (Phi) is 11.1. The first-order valence-electron chi connectivity index (χ1n) is 18.5. The summed E-state index contributed by atoms with van der Waals surface area (Å²) in [5, 5.41) is 18.1. The predicted molar refractivity (Wildman–Crippen MR) is 221 cm³/mol. The van der Waals surface area contributed by atoms with Crippen LogP contribution in [0.5, 0.6) is 0 Å². The minimum Gasteiger partial charge on any atom is -0.618 e. The van der Waals surface area contributed by atoms with Gasteiger partial charge in [-0.2, -0.15) is 4.73 Å². The van der Waals surface area contributed by atoms with Crippen molar-refractivity contribution < 1.29 is 22.3 Å². The minimum absolute atomic E-state index is 0.220. The molecular formula is C46H33Cl2F4N5O. The fourth-order valence-electron chi connectivity index (χ4n) is 7.52. The molecule has 9 rings (SSSR count). The number of fused-ring (bicyclic) bond motifs is 2. The first-order valence-corrected chi connectivity index (χ1v) is 19.3. The third kappa shape index (κ3) is 7.58. The highest BCUT2D eigenvalue weighted by Gasteiger charge is 2.24. The third-order valence-electron chi connectivity index (χ3n) is 10.4. The van der Waals surface area contributed by atoms with Gasteiger partial charge in [0.1, 0.15) is 28.8 Å². The van der Waals surface area contributed by atoms with E-state index in [0.717, 1.165) is 59.6 Å². The number of rotatable bonds is 5. The zero-order valence-corrected chi connectivity index (χ0v) is 32.4. The van der Waals surface area contributed by atoms with Crippen LogP contribution in [0, 0.1) is 35.4 Å². The van der Waals surface area contributed by atoms with E-state index in [2.05, 4.69) is 15.3 Å². The van der Waals surface area contributed by atoms with Crippen LogP contribution >= 0.6 is 23.2 Å². The Balaban J connectivity index is 0.000000165. The van der Waals surface area contributed by atoms with Crippen molar-refractivity contribution in [2.24, 2.45) is 0 Å². The van der Waals surface area contributed by atoms with Gasteiger partial charge in [0, 0.05) is 69.7 Å². The van der Waals surface area contributed by atoms with Gasteiger partial charge in [-0.1, -0.05) is 47.5 Å². The van der Waals surface area contributed by atoms with Crippen LogP contribution in [0.25, 0.3) is 66.6 Å². The van der Waals surface area contributed by atoms with Gasteiger partial charge in [-0.15, -0.1) is 0 Å². The number of hydrogen-bond donors (Lipinski definition) is 1. The van der Waals surface area contributed by atoms with Crippen molar-refractivity contribution in [1.29, 1.82) is 0 Å². The van der Waals surface area contributed by atoms with Gasteiger partial charge in [-0.05, 0) is 110 Å². The molecule has 0 aliphatic carbocycles. The number of nitrogens with zero attached hydrogens (tertiary/aromatic N) is 4. The van der Waals surface area contributed by atoms with Crippen LogP contribution < -0.4 is 10.0 Å². The van der Waals surface area contributed by atoms with Crippen molar-refractivity contribution in [3.8, 4) is 44.8 Å². The fourth-order valence-corrected chi connectivity index (χ4v) is 8.09. The number of piperidine rings is 1. The van der Waals surface area contributed by atoms with Crippen LogP contribution in [-0.4, -0.2) is 28.0 Å². The first-order chi connectivity index (χ1) is 28.1. The summed E-state index contributed by atoms with van der Waals surface area (Å²) in [5.41, 5.74) is 6.93. The normalized spacial score (nSPS) is 13.1. The van der Waals surface area contributed by atoms with E-state index in [1.54, 1.807) is 42.6 Å². The second-order valence-electron chi connectivity index (χ2n) is 13.9. The molecule has 0 bridgehead atoms. The molecule has 1 fully saturated rings. The van der Waals surface area contributed by atoms with E-state index in [4.69, 9.17) is 28.2 Å². The Morgan fingerprint density at radius 3 is 1.97 bits per heavy atom. The second kappa shape index (κ2) is 16.5. The smallest absolute Gasteiger partial charge is 0.250 e. The van der Waals surface area contributed by atoms with E-state index in [9.17, 15) is 22.8 Å². The minimum atomic E-state index is -0.659. The van der Waals surface area contributed by atoms with E-state index in [1.807, 2.05) is 37.3 Å². The lowest BCUT2D eigenvalue weighted by Gasteiger charge is -2.24. The maximum absolute atomic E-state index is 14.9. The monoisotopic (exact) mass is 817 g/mol. The van der Waals surface area contributed by atoms with Crippen molar-refractivity contribution in [2.45, 2.75) is 25.7 Å². The highest BCUT2D eigenvalue weighted by atomic mass is 35.5. The number of aromatic nitrogens is 4. The maximum Gasteiger partial charge on any atom is 0.250 e. The summed E-state index contributed by atoms with van der Waals surface area (Å²) in [5.74, 6) is -2.31. The van der Waals surface area contributed by atoms with Crippen LogP contribution in [0.3, 0.4) is 0 Å². The van der Waals surface area contributed by atoms with Crippen LogP contribution in [-0.2, 0) is 0 Å². The van der Waals surface area contributed by atoms with Crippen LogP contribution in [0.15, 0.2) is 122 Å². The molecule has 5 heterocycles. The summed E-state index contributed by atoms with van der Waals surface area (Å²) in [4.78, 5) is 13.9. The molecule has 1 aliphatic heterocycles. The standard InChI is InChI=1S/C25H19Cl2F2N3.C21H14F2N2O/c26-19-2-1-3-20(27)23(19)25-24-17(8-11-31-25)18(16-5-4-15(28)12-21(16)29)13-22(32-24)14-6-9-30-10-7-14;1-13-4-2-3-5-15(13)21-20-18(9-11-25(21)26)16(8-10-24-20)17-7-6-14(22)12-19(17)23/h1-5,8,11-14,30H,6-7,9-10H2;2-12H,1H3. The second-order valence-corrected chi connectivity index (χ2v) is 14.8. The fraction of sp³-hybridized carbons (Fsp3) is 0.130. The van der Waals surface area contributed by atoms with Gasteiger partial charge < -0.3 is 10.5 Å². The van der Waals surface area contributed by atoms with E-state index < -0.39 is 23.3 Å². The summed E-state index contributed by atoms with van der Waals surface area (Å²) in [7, 11) is 0.